The van der Waals surface area contributed by atoms with Crippen molar-refractivity contribution < 1.29 is 4.79 Å². The van der Waals surface area contributed by atoms with Crippen molar-refractivity contribution in [2.45, 2.75) is 19.8 Å². The van der Waals surface area contributed by atoms with Crippen LogP contribution in [0, 0.1) is 0 Å². The molecule has 0 aliphatic carbocycles. The molecule has 0 saturated heterocycles. The summed E-state index contributed by atoms with van der Waals surface area (Å²) in [6, 6.07) is 11.8. The summed E-state index contributed by atoms with van der Waals surface area (Å²) in [7, 11) is 0. The van der Waals surface area contributed by atoms with Crippen LogP contribution < -0.4 is 16.4 Å². The van der Waals surface area contributed by atoms with Gasteiger partial charge in [0, 0.05) is 18.8 Å². The molecule has 0 spiro atoms. The second kappa shape index (κ2) is 8.95. The van der Waals surface area contributed by atoms with Crippen molar-refractivity contribution in [2.24, 2.45) is 10.7 Å². The summed E-state index contributed by atoms with van der Waals surface area (Å²) in [5, 5.41) is 7.81. The highest BCUT2D eigenvalue weighted by molar-refractivity contribution is 7.12. The number of carbonyl (C=O) groups excluding carboxylic acids is 1. The van der Waals surface area contributed by atoms with Crippen molar-refractivity contribution in [3.63, 3.8) is 0 Å². The predicted molar refractivity (Wildman–Crippen MR) is 97.2 cm³/mol. The van der Waals surface area contributed by atoms with E-state index in [9.17, 15) is 4.79 Å². The molecule has 23 heavy (non-hydrogen) atoms. The van der Waals surface area contributed by atoms with Crippen LogP contribution in [-0.2, 0) is 6.42 Å². The molecule has 5 nitrogen and oxygen atoms in total. The Hall–Kier alpha value is -2.34. The third kappa shape index (κ3) is 5.75. The molecule has 1 amide bonds. The smallest absolute Gasteiger partial charge is 0.261 e. The summed E-state index contributed by atoms with van der Waals surface area (Å²) in [6.07, 6.45) is 1.76. The largest absolute Gasteiger partial charge is 0.370 e. The molecule has 122 valence electrons. The molecule has 0 aliphatic heterocycles. The Bertz CT molecular complexity index is 635. The van der Waals surface area contributed by atoms with Crippen molar-refractivity contribution in [3.8, 4) is 0 Å². The highest BCUT2D eigenvalue weighted by atomic mass is 32.1. The Kier molecular flexibility index (Phi) is 6.62. The van der Waals surface area contributed by atoms with Gasteiger partial charge in [-0.1, -0.05) is 25.1 Å². The second-order valence-electron chi connectivity index (χ2n) is 5.03. The van der Waals surface area contributed by atoms with E-state index in [-0.39, 0.29) is 5.91 Å². The molecule has 1 aromatic heterocycles. The van der Waals surface area contributed by atoms with Crippen molar-refractivity contribution in [1.82, 2.24) is 5.32 Å². The summed E-state index contributed by atoms with van der Waals surface area (Å²) >= 11 is 1.43. The van der Waals surface area contributed by atoms with E-state index in [0.29, 0.717) is 19.0 Å². The maximum atomic E-state index is 11.7. The number of amides is 1. The van der Waals surface area contributed by atoms with E-state index < -0.39 is 0 Å². The van der Waals surface area contributed by atoms with Crippen molar-refractivity contribution >= 4 is 28.9 Å². The second-order valence-corrected chi connectivity index (χ2v) is 5.98. The van der Waals surface area contributed by atoms with Gasteiger partial charge in [0.2, 0.25) is 0 Å². The predicted octanol–water partition coefficient (Wildman–Crippen LogP) is 2.86. The molecule has 1 aromatic carbocycles. The lowest BCUT2D eigenvalue weighted by molar-refractivity contribution is 0.0957. The lowest BCUT2D eigenvalue weighted by Gasteiger charge is -2.06. The van der Waals surface area contributed by atoms with Gasteiger partial charge in [0.15, 0.2) is 5.96 Å². The number of anilines is 1. The number of nitrogens with one attached hydrogen (secondary N) is 2. The first-order valence-electron chi connectivity index (χ1n) is 7.66. The molecule has 0 atom stereocenters. The average Bonchev–Trinajstić information content (AvgIpc) is 3.09. The van der Waals surface area contributed by atoms with Gasteiger partial charge in [0.1, 0.15) is 0 Å². The lowest BCUT2D eigenvalue weighted by Crippen LogP contribution is -2.25. The fourth-order valence-electron chi connectivity index (χ4n) is 1.99. The Labute approximate surface area is 140 Å². The summed E-state index contributed by atoms with van der Waals surface area (Å²) < 4.78 is 0. The first-order chi connectivity index (χ1) is 11.2. The topological polar surface area (TPSA) is 79.5 Å². The Balaban J connectivity index is 1.67. The summed E-state index contributed by atoms with van der Waals surface area (Å²) in [6.45, 7) is 3.27. The van der Waals surface area contributed by atoms with Crippen molar-refractivity contribution in [1.29, 1.82) is 0 Å². The SMILES string of the molecule is CCc1ccc(NC(N)=NCCCNC(=O)c2cccs2)cc1. The molecule has 1 heterocycles. The van der Waals surface area contributed by atoms with Crippen LogP contribution in [-0.4, -0.2) is 25.0 Å². The number of carbonyl (C=O) groups is 1. The van der Waals surface area contributed by atoms with Gasteiger partial charge >= 0.3 is 0 Å². The number of rotatable bonds is 7. The van der Waals surface area contributed by atoms with Crippen LogP contribution in [0.15, 0.2) is 46.8 Å². The zero-order valence-corrected chi connectivity index (χ0v) is 14.0. The molecular weight excluding hydrogens is 308 g/mol. The number of hydrogen-bond donors (Lipinski definition) is 3. The monoisotopic (exact) mass is 330 g/mol. The zero-order valence-electron chi connectivity index (χ0n) is 13.2. The Morgan fingerprint density at radius 3 is 2.70 bits per heavy atom. The Morgan fingerprint density at radius 2 is 2.04 bits per heavy atom. The van der Waals surface area contributed by atoms with Gasteiger partial charge < -0.3 is 16.4 Å². The van der Waals surface area contributed by atoms with Crippen LogP contribution in [0.4, 0.5) is 5.69 Å². The Morgan fingerprint density at radius 1 is 1.26 bits per heavy atom. The standard InChI is InChI=1S/C17H22N4OS/c1-2-13-6-8-14(9-7-13)21-17(18)20-11-4-10-19-16(22)15-5-3-12-23-15/h3,5-9,12H,2,4,10-11H2,1H3,(H,19,22)(H3,18,20,21). The molecule has 0 radical (unpaired) electrons. The highest BCUT2D eigenvalue weighted by Crippen LogP contribution is 2.09. The average molecular weight is 330 g/mol. The number of hydrogen-bond acceptors (Lipinski definition) is 3. The zero-order chi connectivity index (χ0) is 16.5. The molecule has 2 aromatic rings. The first kappa shape index (κ1) is 17.0. The van der Waals surface area contributed by atoms with E-state index >= 15 is 0 Å². The molecular formula is C17H22N4OS. The molecule has 0 fully saturated rings. The molecule has 6 heteroatoms. The van der Waals surface area contributed by atoms with Gasteiger partial charge in [0.05, 0.1) is 4.88 Å². The van der Waals surface area contributed by atoms with Crippen molar-refractivity contribution in [3.05, 3.63) is 52.2 Å². The van der Waals surface area contributed by atoms with Gasteiger partial charge in [0.25, 0.3) is 5.91 Å². The van der Waals surface area contributed by atoms with Gasteiger partial charge in [-0.2, -0.15) is 0 Å². The summed E-state index contributed by atoms with van der Waals surface area (Å²) in [5.74, 6) is 0.352. The number of nitrogens with zero attached hydrogens (tertiary/aromatic N) is 1. The van der Waals surface area contributed by atoms with Gasteiger partial charge in [-0.15, -0.1) is 11.3 Å². The van der Waals surface area contributed by atoms with Crippen LogP contribution in [0.25, 0.3) is 0 Å². The van der Waals surface area contributed by atoms with E-state index in [1.807, 2.05) is 29.6 Å². The fourth-order valence-corrected chi connectivity index (χ4v) is 2.63. The van der Waals surface area contributed by atoms with E-state index in [4.69, 9.17) is 5.73 Å². The third-order valence-electron chi connectivity index (χ3n) is 3.28. The van der Waals surface area contributed by atoms with E-state index in [1.54, 1.807) is 0 Å². The van der Waals surface area contributed by atoms with Crippen molar-refractivity contribution in [2.75, 3.05) is 18.4 Å². The normalized spacial score (nSPS) is 11.3. The van der Waals surface area contributed by atoms with Crippen LogP contribution >= 0.6 is 11.3 Å². The van der Waals surface area contributed by atoms with Crippen LogP contribution in [0.5, 0.6) is 0 Å². The molecule has 4 N–H and O–H groups in total. The minimum absolute atomic E-state index is 0.0360. The molecule has 0 aliphatic rings. The lowest BCUT2D eigenvalue weighted by atomic mass is 10.1. The highest BCUT2D eigenvalue weighted by Gasteiger charge is 2.04. The molecule has 2 rings (SSSR count). The van der Waals surface area contributed by atoms with Gasteiger partial charge in [-0.3, -0.25) is 9.79 Å². The quantitative estimate of drug-likeness (QED) is 0.415. The minimum atomic E-state index is -0.0360. The maximum Gasteiger partial charge on any atom is 0.261 e. The first-order valence-corrected chi connectivity index (χ1v) is 8.54. The van der Waals surface area contributed by atoms with E-state index in [0.717, 1.165) is 23.4 Å². The number of aryl methyl sites for hydroxylation is 1. The molecule has 0 unspecified atom stereocenters. The van der Waals surface area contributed by atoms with E-state index in [1.165, 1.54) is 16.9 Å². The number of guanidine groups is 1. The van der Waals surface area contributed by atoms with Crippen LogP contribution in [0.2, 0.25) is 0 Å². The van der Waals surface area contributed by atoms with Gasteiger partial charge in [-0.05, 0) is 42.0 Å². The number of benzene rings is 1. The van der Waals surface area contributed by atoms with Crippen LogP contribution in [0.3, 0.4) is 0 Å². The van der Waals surface area contributed by atoms with Crippen LogP contribution in [0.1, 0.15) is 28.6 Å². The number of aliphatic imine (C=N–C) groups is 1. The van der Waals surface area contributed by atoms with E-state index in [2.05, 4.69) is 34.7 Å². The number of nitrogens with two attached hydrogens (primary N) is 1. The number of thiophene rings is 1. The third-order valence-corrected chi connectivity index (χ3v) is 4.15. The fraction of sp³-hybridized carbons (Fsp3) is 0.294. The van der Waals surface area contributed by atoms with Gasteiger partial charge in [-0.25, -0.2) is 0 Å². The summed E-state index contributed by atoms with van der Waals surface area (Å²) in [5.41, 5.74) is 8.06. The molecule has 0 bridgehead atoms. The maximum absolute atomic E-state index is 11.7. The minimum Gasteiger partial charge on any atom is -0.370 e. The molecule has 0 saturated carbocycles. The summed E-state index contributed by atoms with van der Waals surface area (Å²) in [4.78, 5) is 16.7.